The van der Waals surface area contributed by atoms with Crippen LogP contribution in [0.5, 0.6) is 0 Å². The number of aryl methyl sites for hydroxylation is 1. The van der Waals surface area contributed by atoms with Crippen molar-refractivity contribution in [3.05, 3.63) is 22.4 Å². The number of nitrogens with one attached hydrogen (secondary N) is 2. The van der Waals surface area contributed by atoms with Crippen molar-refractivity contribution in [2.75, 3.05) is 13.6 Å². The molecule has 0 aliphatic rings. The van der Waals surface area contributed by atoms with Crippen molar-refractivity contribution in [2.45, 2.75) is 32.2 Å². The van der Waals surface area contributed by atoms with Crippen LogP contribution in [0.3, 0.4) is 0 Å². The molecule has 0 aliphatic heterocycles. The van der Waals surface area contributed by atoms with Crippen LogP contribution in [0.4, 0.5) is 0 Å². The minimum atomic E-state index is 0.0956. The lowest BCUT2D eigenvalue weighted by molar-refractivity contribution is -0.121. The molecular weight excluding hydrogens is 220 g/mol. The van der Waals surface area contributed by atoms with Crippen molar-refractivity contribution in [1.82, 2.24) is 10.6 Å². The summed E-state index contributed by atoms with van der Waals surface area (Å²) in [7, 11) is 1.67. The molecule has 1 rings (SSSR count). The molecule has 0 bridgehead atoms. The lowest BCUT2D eigenvalue weighted by atomic mass is 10.2. The number of rotatable bonds is 7. The third-order valence-electron chi connectivity index (χ3n) is 2.44. The molecule has 0 saturated carbocycles. The Hall–Kier alpha value is -0.870. The van der Waals surface area contributed by atoms with E-state index in [0.29, 0.717) is 6.42 Å². The molecule has 0 fully saturated rings. The minimum absolute atomic E-state index is 0.0956. The Morgan fingerprint density at radius 1 is 1.56 bits per heavy atom. The lowest BCUT2D eigenvalue weighted by Crippen LogP contribution is -2.33. The van der Waals surface area contributed by atoms with Crippen LogP contribution in [0.1, 0.15) is 24.6 Å². The van der Waals surface area contributed by atoms with E-state index in [1.165, 1.54) is 4.88 Å². The van der Waals surface area contributed by atoms with Crippen molar-refractivity contribution >= 4 is 17.2 Å². The molecule has 2 N–H and O–H groups in total. The first kappa shape index (κ1) is 13.2. The second-order valence-electron chi connectivity index (χ2n) is 3.92. The lowest BCUT2D eigenvalue weighted by Gasteiger charge is -2.12. The Kier molecular flexibility index (Phi) is 6.11. The van der Waals surface area contributed by atoms with Crippen LogP contribution < -0.4 is 10.6 Å². The highest BCUT2D eigenvalue weighted by molar-refractivity contribution is 7.09. The summed E-state index contributed by atoms with van der Waals surface area (Å²) in [4.78, 5) is 12.5. The van der Waals surface area contributed by atoms with E-state index >= 15 is 0 Å². The highest BCUT2D eigenvalue weighted by Crippen LogP contribution is 2.10. The summed E-state index contributed by atoms with van der Waals surface area (Å²) in [5.74, 6) is 0.0956. The van der Waals surface area contributed by atoms with Gasteiger partial charge < -0.3 is 10.6 Å². The fourth-order valence-corrected chi connectivity index (χ4v) is 2.27. The van der Waals surface area contributed by atoms with Gasteiger partial charge in [-0.05, 0) is 37.8 Å². The van der Waals surface area contributed by atoms with Crippen molar-refractivity contribution in [2.24, 2.45) is 0 Å². The average Bonchev–Trinajstić information content (AvgIpc) is 2.77. The van der Waals surface area contributed by atoms with Crippen molar-refractivity contribution in [3.63, 3.8) is 0 Å². The maximum atomic E-state index is 11.1. The van der Waals surface area contributed by atoms with E-state index in [9.17, 15) is 4.79 Å². The van der Waals surface area contributed by atoms with Crippen LogP contribution >= 0.6 is 11.3 Å². The first-order valence-electron chi connectivity index (χ1n) is 5.68. The van der Waals surface area contributed by atoms with Crippen LogP contribution in [0.25, 0.3) is 0 Å². The topological polar surface area (TPSA) is 41.1 Å². The molecule has 16 heavy (non-hydrogen) atoms. The maximum Gasteiger partial charge on any atom is 0.221 e. The standard InChI is InChI=1S/C12H20N2OS/c1-10(9-12(15)13-2)14-7-3-5-11-6-4-8-16-11/h4,6,8,10,14H,3,5,7,9H2,1-2H3,(H,13,15). The predicted octanol–water partition coefficient (Wildman–Crippen LogP) is 1.79. The molecule has 0 aliphatic carbocycles. The maximum absolute atomic E-state index is 11.1. The summed E-state index contributed by atoms with van der Waals surface area (Å²) < 4.78 is 0. The normalized spacial score (nSPS) is 12.4. The van der Waals surface area contributed by atoms with Crippen LogP contribution in [-0.4, -0.2) is 25.5 Å². The predicted molar refractivity (Wildman–Crippen MR) is 68.8 cm³/mol. The first-order valence-corrected chi connectivity index (χ1v) is 6.56. The van der Waals surface area contributed by atoms with E-state index in [1.807, 2.05) is 6.92 Å². The van der Waals surface area contributed by atoms with Crippen LogP contribution in [-0.2, 0) is 11.2 Å². The van der Waals surface area contributed by atoms with Gasteiger partial charge in [0.1, 0.15) is 0 Å². The molecule has 1 amide bonds. The van der Waals surface area contributed by atoms with Gasteiger partial charge in [0.15, 0.2) is 0 Å². The molecule has 90 valence electrons. The average molecular weight is 240 g/mol. The summed E-state index contributed by atoms with van der Waals surface area (Å²) in [5, 5.41) is 8.09. The number of hydrogen-bond acceptors (Lipinski definition) is 3. The molecule has 3 nitrogen and oxygen atoms in total. The van der Waals surface area contributed by atoms with Crippen LogP contribution in [0.2, 0.25) is 0 Å². The number of thiophene rings is 1. The molecule has 0 radical (unpaired) electrons. The van der Waals surface area contributed by atoms with Gasteiger partial charge in [-0.2, -0.15) is 0 Å². The molecular formula is C12H20N2OS. The van der Waals surface area contributed by atoms with E-state index in [2.05, 4.69) is 28.1 Å². The van der Waals surface area contributed by atoms with E-state index in [0.717, 1.165) is 19.4 Å². The van der Waals surface area contributed by atoms with Crippen molar-refractivity contribution < 1.29 is 4.79 Å². The molecule has 0 saturated heterocycles. The van der Waals surface area contributed by atoms with Crippen molar-refractivity contribution in [3.8, 4) is 0 Å². The molecule has 1 unspecified atom stereocenters. The van der Waals surface area contributed by atoms with E-state index < -0.39 is 0 Å². The summed E-state index contributed by atoms with van der Waals surface area (Å²) >= 11 is 1.80. The number of amides is 1. The van der Waals surface area contributed by atoms with Gasteiger partial charge in [0, 0.05) is 24.4 Å². The number of carbonyl (C=O) groups excluding carboxylic acids is 1. The zero-order chi connectivity index (χ0) is 11.8. The fraction of sp³-hybridized carbons (Fsp3) is 0.583. The van der Waals surface area contributed by atoms with E-state index in [1.54, 1.807) is 18.4 Å². The van der Waals surface area contributed by atoms with Crippen LogP contribution in [0.15, 0.2) is 17.5 Å². The molecule has 0 aromatic carbocycles. The van der Waals surface area contributed by atoms with Gasteiger partial charge in [-0.15, -0.1) is 11.3 Å². The zero-order valence-corrected chi connectivity index (χ0v) is 10.8. The largest absolute Gasteiger partial charge is 0.359 e. The molecule has 1 aromatic rings. The Labute approximate surface area is 101 Å². The molecule has 1 atom stereocenters. The quantitative estimate of drug-likeness (QED) is 0.714. The second kappa shape index (κ2) is 7.41. The van der Waals surface area contributed by atoms with Crippen molar-refractivity contribution in [1.29, 1.82) is 0 Å². The van der Waals surface area contributed by atoms with E-state index in [4.69, 9.17) is 0 Å². The van der Waals surface area contributed by atoms with Crippen LogP contribution in [0, 0.1) is 0 Å². The summed E-state index contributed by atoms with van der Waals surface area (Å²) in [5.41, 5.74) is 0. The third-order valence-corrected chi connectivity index (χ3v) is 3.38. The molecule has 1 aromatic heterocycles. The SMILES string of the molecule is CNC(=O)CC(C)NCCCc1cccs1. The minimum Gasteiger partial charge on any atom is -0.359 e. The van der Waals surface area contributed by atoms with Gasteiger partial charge in [-0.3, -0.25) is 4.79 Å². The Morgan fingerprint density at radius 3 is 3.00 bits per heavy atom. The van der Waals surface area contributed by atoms with Gasteiger partial charge in [0.25, 0.3) is 0 Å². The highest BCUT2D eigenvalue weighted by Gasteiger charge is 2.05. The summed E-state index contributed by atoms with van der Waals surface area (Å²) in [6.07, 6.45) is 2.80. The second-order valence-corrected chi connectivity index (χ2v) is 4.95. The van der Waals surface area contributed by atoms with Gasteiger partial charge in [0.2, 0.25) is 5.91 Å². The Bertz CT molecular complexity index is 298. The van der Waals surface area contributed by atoms with Gasteiger partial charge in [-0.25, -0.2) is 0 Å². The molecule has 0 spiro atoms. The van der Waals surface area contributed by atoms with E-state index in [-0.39, 0.29) is 11.9 Å². The third kappa shape index (κ3) is 5.28. The monoisotopic (exact) mass is 240 g/mol. The van der Waals surface area contributed by atoms with Gasteiger partial charge in [0.05, 0.1) is 0 Å². The Morgan fingerprint density at radius 2 is 2.38 bits per heavy atom. The first-order chi connectivity index (χ1) is 7.72. The highest BCUT2D eigenvalue weighted by atomic mass is 32.1. The fourth-order valence-electron chi connectivity index (χ4n) is 1.52. The number of carbonyl (C=O) groups is 1. The molecule has 4 heteroatoms. The Balaban J connectivity index is 2.04. The smallest absolute Gasteiger partial charge is 0.221 e. The molecule has 1 heterocycles. The zero-order valence-electron chi connectivity index (χ0n) is 9.95. The number of hydrogen-bond donors (Lipinski definition) is 2. The summed E-state index contributed by atoms with van der Waals surface area (Å²) in [6, 6.07) is 4.50. The summed E-state index contributed by atoms with van der Waals surface area (Å²) in [6.45, 7) is 3.01. The van der Waals surface area contributed by atoms with Gasteiger partial charge >= 0.3 is 0 Å². The van der Waals surface area contributed by atoms with Gasteiger partial charge in [-0.1, -0.05) is 6.07 Å².